The van der Waals surface area contributed by atoms with Crippen molar-refractivity contribution in [2.24, 2.45) is 5.41 Å². The fourth-order valence-corrected chi connectivity index (χ4v) is 0.727. The molecule has 0 aromatic heterocycles. The fourth-order valence-electron chi connectivity index (χ4n) is 0.727. The molecule has 7 heteroatoms. The van der Waals surface area contributed by atoms with Gasteiger partial charge < -0.3 is 14.6 Å². The predicted octanol–water partition coefficient (Wildman–Crippen LogP) is 1.08. The van der Waals surface area contributed by atoms with Gasteiger partial charge in [0.2, 0.25) is 0 Å². The van der Waals surface area contributed by atoms with Gasteiger partial charge in [0.15, 0.2) is 13.3 Å². The molecule has 18 heavy (non-hydrogen) atoms. The maximum absolute atomic E-state index is 11.6. The van der Waals surface area contributed by atoms with Crippen LogP contribution in [0.3, 0.4) is 0 Å². The zero-order valence-corrected chi connectivity index (χ0v) is 11.0. The summed E-state index contributed by atoms with van der Waals surface area (Å²) in [6.07, 6.45) is -0.379. The number of hydrogen-bond donors (Lipinski definition) is 1. The minimum atomic E-state index is -0.961. The highest BCUT2D eigenvalue weighted by molar-refractivity contribution is 5.79. The molecule has 1 N–H and O–H groups in total. The summed E-state index contributed by atoms with van der Waals surface area (Å²) in [6, 6.07) is 0. The van der Waals surface area contributed by atoms with E-state index in [4.69, 9.17) is 6.17 Å². The lowest BCUT2D eigenvalue weighted by Crippen LogP contribution is -2.32. The molecule has 0 heterocycles. The molecule has 0 unspecified atom stereocenters. The van der Waals surface area contributed by atoms with E-state index in [1.165, 1.54) is 7.05 Å². The maximum atomic E-state index is 11.6. The van der Waals surface area contributed by atoms with Crippen LogP contribution in [-0.2, 0) is 19.1 Å². The smallest absolute Gasteiger partial charge is 0.409 e. The molecular formula is C11H19NO6. The van der Waals surface area contributed by atoms with Gasteiger partial charge in [0, 0.05) is 7.05 Å². The van der Waals surface area contributed by atoms with Gasteiger partial charge in [-0.1, -0.05) is 6.92 Å². The van der Waals surface area contributed by atoms with Gasteiger partial charge in [-0.3, -0.25) is 9.69 Å². The van der Waals surface area contributed by atoms with Crippen LogP contribution in [0.25, 0.3) is 1.43 Å². The summed E-state index contributed by atoms with van der Waals surface area (Å²) in [7, 11) is 1.29. The summed E-state index contributed by atoms with van der Waals surface area (Å²) in [4.78, 5) is 34.5. The topological polar surface area (TPSA) is 93.1 Å². The third-order valence-corrected chi connectivity index (χ3v) is 2.49. The monoisotopic (exact) mass is 263 g/mol. The van der Waals surface area contributed by atoms with E-state index < -0.39 is 30.1 Å². The standard InChI is InChI=1S/C11H19NO6/c1-5-11(2,3)9(14)17-6-8(13)18-7-12(4)10(15)16/h5-7H2,1-4H3,(H,15,16)/i/hT. The first-order valence-electron chi connectivity index (χ1n) is 5.86. The van der Waals surface area contributed by atoms with Crippen LogP contribution in [0.5, 0.6) is 0 Å². The van der Waals surface area contributed by atoms with Crippen molar-refractivity contribution < 1.29 is 29.0 Å². The zero-order chi connectivity index (χ0) is 15.1. The van der Waals surface area contributed by atoms with Crippen molar-refractivity contribution in [2.75, 3.05) is 20.4 Å². The van der Waals surface area contributed by atoms with E-state index in [0.717, 1.165) is 4.90 Å². The highest BCUT2D eigenvalue weighted by Crippen LogP contribution is 2.21. The van der Waals surface area contributed by atoms with Gasteiger partial charge in [0.25, 0.3) is 1.43 Å². The second-order valence-electron chi connectivity index (χ2n) is 4.42. The Morgan fingerprint density at radius 1 is 1.33 bits per heavy atom. The Morgan fingerprint density at radius 3 is 2.44 bits per heavy atom. The Kier molecular flexibility index (Phi) is 5.41. The molecular weight excluding hydrogens is 242 g/mol. The van der Waals surface area contributed by atoms with Crippen LogP contribution in [0.4, 0.5) is 4.79 Å². The summed E-state index contributed by atoms with van der Waals surface area (Å²) < 4.78 is 15.8. The van der Waals surface area contributed by atoms with Gasteiger partial charge in [0.1, 0.15) is 0 Å². The van der Waals surface area contributed by atoms with Crippen LogP contribution >= 0.6 is 0 Å². The molecule has 0 aliphatic heterocycles. The fraction of sp³-hybridized carbons (Fsp3) is 0.727. The number of hydrogen-bond acceptors (Lipinski definition) is 6. The first-order valence-corrected chi connectivity index (χ1v) is 5.45. The van der Waals surface area contributed by atoms with Crippen molar-refractivity contribution in [1.29, 1.82) is 1.43 Å². The lowest BCUT2D eigenvalue weighted by molar-refractivity contribution is -0.166. The highest BCUT2D eigenvalue weighted by Gasteiger charge is 2.27. The van der Waals surface area contributed by atoms with E-state index in [1.807, 2.05) is 6.92 Å². The molecule has 0 bridgehead atoms. The first-order chi connectivity index (χ1) is 8.74. The maximum Gasteiger partial charge on any atom is 0.409 e. The Morgan fingerprint density at radius 2 is 1.94 bits per heavy atom. The molecule has 0 rings (SSSR count). The molecule has 0 saturated carbocycles. The van der Waals surface area contributed by atoms with Crippen LogP contribution in [-0.4, -0.2) is 48.4 Å². The summed E-state index contributed by atoms with van der Waals surface area (Å²) in [5.74, 6) is -1.28. The van der Waals surface area contributed by atoms with Gasteiger partial charge >= 0.3 is 18.0 Å². The van der Waals surface area contributed by atoms with Crippen molar-refractivity contribution in [2.45, 2.75) is 27.2 Å². The molecule has 0 aromatic carbocycles. The van der Waals surface area contributed by atoms with E-state index >= 15 is 0 Å². The largest absolute Gasteiger partial charge is 0.465 e. The second-order valence-corrected chi connectivity index (χ2v) is 4.42. The lowest BCUT2D eigenvalue weighted by atomic mass is 9.91. The van der Waals surface area contributed by atoms with Crippen LogP contribution < -0.4 is 0 Å². The second kappa shape index (κ2) is 6.83. The SMILES string of the molecule is [3H]OC(=O)N(C)COC(=O)COC(=O)C(C)(C)CC. The summed E-state index contributed by atoms with van der Waals surface area (Å²) in [6.45, 7) is 4.34. The number of nitrogens with zero attached hydrogens (tertiary/aromatic N) is 1. The number of esters is 2. The van der Waals surface area contributed by atoms with Gasteiger partial charge in [-0.2, -0.15) is 0 Å². The molecule has 0 saturated heterocycles. The van der Waals surface area contributed by atoms with Crippen LogP contribution in [0.15, 0.2) is 0 Å². The summed E-state index contributed by atoms with van der Waals surface area (Å²) in [5.41, 5.74) is -0.661. The average Bonchev–Trinajstić information content (AvgIpc) is 2.40. The average molecular weight is 263 g/mol. The van der Waals surface area contributed by atoms with Gasteiger partial charge in [-0.15, -0.1) is 0 Å². The third-order valence-electron chi connectivity index (χ3n) is 2.49. The Labute approximate surface area is 107 Å². The number of carbonyl (C=O) groups excluding carboxylic acids is 2. The van der Waals surface area contributed by atoms with Crippen molar-refractivity contribution >= 4 is 18.0 Å². The molecule has 7 nitrogen and oxygen atoms in total. The van der Waals surface area contributed by atoms with Crippen LogP contribution in [0, 0.1) is 5.41 Å². The minimum Gasteiger partial charge on any atom is -0.465 e. The van der Waals surface area contributed by atoms with E-state index in [1.54, 1.807) is 13.8 Å². The molecule has 0 fully saturated rings. The first kappa shape index (κ1) is 14.3. The summed E-state index contributed by atoms with van der Waals surface area (Å²) >= 11 is 0. The number of ether oxygens (including phenoxy) is 2. The zero-order valence-electron chi connectivity index (χ0n) is 12.0. The molecule has 104 valence electrons. The number of rotatable bonds is 6. The van der Waals surface area contributed by atoms with Crippen molar-refractivity contribution in [3.8, 4) is 0 Å². The van der Waals surface area contributed by atoms with Gasteiger partial charge in [-0.05, 0) is 20.3 Å². The highest BCUT2D eigenvalue weighted by atomic mass is 16.6. The number of carboxylic acid groups (broad SMARTS) is 1. The molecule has 0 aromatic rings. The van der Waals surface area contributed by atoms with Crippen molar-refractivity contribution in [3.05, 3.63) is 0 Å². The number of carbonyl (C=O) groups is 3. The van der Waals surface area contributed by atoms with Crippen molar-refractivity contribution in [3.63, 3.8) is 0 Å². The lowest BCUT2D eigenvalue weighted by Gasteiger charge is -2.20. The van der Waals surface area contributed by atoms with Gasteiger partial charge in [0.05, 0.1) is 5.41 Å². The summed E-state index contributed by atoms with van der Waals surface area (Å²) in [5, 5.41) is 3.66. The van der Waals surface area contributed by atoms with E-state index in [-0.39, 0.29) is 6.73 Å². The Hall–Kier alpha value is -1.79. The normalized spacial score (nSPS) is 11.2. The van der Waals surface area contributed by atoms with E-state index in [2.05, 4.69) is 9.85 Å². The molecule has 1 amide bonds. The van der Waals surface area contributed by atoms with E-state index in [9.17, 15) is 14.4 Å². The minimum absolute atomic E-state index is 0.384. The van der Waals surface area contributed by atoms with E-state index in [0.29, 0.717) is 6.42 Å². The molecule has 0 aliphatic rings. The number of amides is 1. The molecule has 0 spiro atoms. The third kappa shape index (κ3) is 5.51. The van der Waals surface area contributed by atoms with Gasteiger partial charge in [-0.25, -0.2) is 9.59 Å². The molecule has 0 aliphatic carbocycles. The quantitative estimate of drug-likeness (QED) is 0.569. The molecule has 0 radical (unpaired) electrons. The predicted molar refractivity (Wildman–Crippen MR) is 61.8 cm³/mol. The van der Waals surface area contributed by atoms with Crippen LogP contribution in [0.2, 0.25) is 0 Å². The van der Waals surface area contributed by atoms with Crippen molar-refractivity contribution in [1.82, 2.24) is 4.90 Å². The molecule has 0 atom stereocenters. The Balaban J connectivity index is 4.01. The Bertz CT molecular complexity index is 344. The van der Waals surface area contributed by atoms with Crippen LogP contribution in [0.1, 0.15) is 27.2 Å².